The fourth-order valence-corrected chi connectivity index (χ4v) is 1.93. The van der Waals surface area contributed by atoms with Crippen LogP contribution >= 0.6 is 0 Å². The lowest BCUT2D eigenvalue weighted by Gasteiger charge is -2.04. The second kappa shape index (κ2) is 3.06. The van der Waals surface area contributed by atoms with Crippen LogP contribution in [-0.4, -0.2) is 11.1 Å². The molecule has 1 aromatic rings. The van der Waals surface area contributed by atoms with Crippen LogP contribution in [0.25, 0.3) is 0 Å². The summed E-state index contributed by atoms with van der Waals surface area (Å²) in [6.07, 6.45) is 0.355. The number of carbonyl (C=O) groups is 1. The Balaban J connectivity index is 2.51. The second-order valence-corrected chi connectivity index (χ2v) is 3.51. The molecule has 0 aliphatic heterocycles. The molecule has 74 valence electrons. The number of hydrogen-bond acceptors (Lipinski definition) is 2. The minimum absolute atomic E-state index is 0.285. The third-order valence-electron chi connectivity index (χ3n) is 2.61. The molecular weight excluding hydrogens is 185 g/mol. The zero-order valence-corrected chi connectivity index (χ0v) is 7.40. The molecule has 0 bridgehead atoms. The van der Waals surface area contributed by atoms with Gasteiger partial charge in [0.05, 0.1) is 5.92 Å². The standard InChI is InChI=1S/C10H10FNO2/c11-5-1-2-6-7(3-5)8(10(13)14)4-9(6)12/h1-3,8-9H,4,12H2,(H,13,14). The van der Waals surface area contributed by atoms with Crippen molar-refractivity contribution < 1.29 is 14.3 Å². The topological polar surface area (TPSA) is 63.3 Å². The molecule has 0 saturated heterocycles. The summed E-state index contributed by atoms with van der Waals surface area (Å²) in [6, 6.07) is 3.86. The molecular formula is C10H10FNO2. The Kier molecular flexibility index (Phi) is 2.00. The number of carboxylic acid groups (broad SMARTS) is 1. The van der Waals surface area contributed by atoms with Gasteiger partial charge in [0.25, 0.3) is 0 Å². The third kappa shape index (κ3) is 1.28. The van der Waals surface area contributed by atoms with Crippen molar-refractivity contribution in [3.05, 3.63) is 35.1 Å². The van der Waals surface area contributed by atoms with Crippen molar-refractivity contribution in [1.82, 2.24) is 0 Å². The maximum atomic E-state index is 12.9. The van der Waals surface area contributed by atoms with Gasteiger partial charge in [-0.25, -0.2) is 4.39 Å². The van der Waals surface area contributed by atoms with Gasteiger partial charge in [-0.1, -0.05) is 6.07 Å². The number of carboxylic acids is 1. The van der Waals surface area contributed by atoms with Gasteiger partial charge in [-0.15, -0.1) is 0 Å². The Morgan fingerprint density at radius 2 is 2.21 bits per heavy atom. The molecule has 0 fully saturated rings. The first kappa shape index (κ1) is 9.15. The molecule has 2 rings (SSSR count). The van der Waals surface area contributed by atoms with Crippen molar-refractivity contribution in [1.29, 1.82) is 0 Å². The molecule has 3 N–H and O–H groups in total. The van der Waals surface area contributed by atoms with E-state index in [-0.39, 0.29) is 6.04 Å². The zero-order valence-electron chi connectivity index (χ0n) is 7.40. The first-order valence-electron chi connectivity index (χ1n) is 4.37. The number of hydrogen-bond donors (Lipinski definition) is 2. The van der Waals surface area contributed by atoms with Crippen LogP contribution in [0, 0.1) is 5.82 Å². The van der Waals surface area contributed by atoms with Gasteiger partial charge in [-0.2, -0.15) is 0 Å². The van der Waals surface area contributed by atoms with Gasteiger partial charge in [0, 0.05) is 6.04 Å². The maximum absolute atomic E-state index is 12.9. The molecule has 1 aliphatic carbocycles. The summed E-state index contributed by atoms with van der Waals surface area (Å²) in [7, 11) is 0. The van der Waals surface area contributed by atoms with Crippen LogP contribution in [0.15, 0.2) is 18.2 Å². The molecule has 2 unspecified atom stereocenters. The van der Waals surface area contributed by atoms with Crippen molar-refractivity contribution in [3.8, 4) is 0 Å². The van der Waals surface area contributed by atoms with E-state index in [2.05, 4.69) is 0 Å². The van der Waals surface area contributed by atoms with Gasteiger partial charge in [0.2, 0.25) is 0 Å². The Morgan fingerprint density at radius 1 is 1.50 bits per heavy atom. The van der Waals surface area contributed by atoms with Gasteiger partial charge < -0.3 is 10.8 Å². The van der Waals surface area contributed by atoms with Gasteiger partial charge in [0.1, 0.15) is 5.82 Å². The molecule has 0 amide bonds. The lowest BCUT2D eigenvalue weighted by atomic mass is 10.0. The molecule has 2 atom stereocenters. The monoisotopic (exact) mass is 195 g/mol. The van der Waals surface area contributed by atoms with Gasteiger partial charge in [-0.3, -0.25) is 4.79 Å². The Morgan fingerprint density at radius 3 is 2.86 bits per heavy atom. The zero-order chi connectivity index (χ0) is 10.3. The minimum Gasteiger partial charge on any atom is -0.481 e. The largest absolute Gasteiger partial charge is 0.481 e. The van der Waals surface area contributed by atoms with Crippen LogP contribution in [-0.2, 0) is 4.79 Å². The summed E-state index contributed by atoms with van der Waals surface area (Å²) < 4.78 is 12.9. The second-order valence-electron chi connectivity index (χ2n) is 3.51. The number of aliphatic carboxylic acids is 1. The summed E-state index contributed by atoms with van der Waals surface area (Å²) in [6.45, 7) is 0. The number of halogens is 1. The summed E-state index contributed by atoms with van der Waals surface area (Å²) >= 11 is 0. The number of rotatable bonds is 1. The highest BCUT2D eigenvalue weighted by Crippen LogP contribution is 2.39. The van der Waals surface area contributed by atoms with E-state index in [1.165, 1.54) is 12.1 Å². The highest BCUT2D eigenvalue weighted by atomic mass is 19.1. The quantitative estimate of drug-likeness (QED) is 0.711. The molecule has 0 radical (unpaired) electrons. The fourth-order valence-electron chi connectivity index (χ4n) is 1.93. The van der Waals surface area contributed by atoms with Crippen molar-refractivity contribution in [3.63, 3.8) is 0 Å². The average Bonchev–Trinajstić information content (AvgIpc) is 2.43. The van der Waals surface area contributed by atoms with Crippen molar-refractivity contribution in [2.24, 2.45) is 5.73 Å². The summed E-state index contributed by atoms with van der Waals surface area (Å²) in [5.74, 6) is -2.01. The first-order valence-corrected chi connectivity index (χ1v) is 4.37. The van der Waals surface area contributed by atoms with E-state index in [0.717, 1.165) is 5.56 Å². The molecule has 1 aromatic carbocycles. The Bertz CT molecular complexity index is 392. The molecule has 1 aliphatic rings. The van der Waals surface area contributed by atoms with E-state index in [0.29, 0.717) is 12.0 Å². The highest BCUT2D eigenvalue weighted by Gasteiger charge is 2.33. The number of benzene rings is 1. The third-order valence-corrected chi connectivity index (χ3v) is 2.61. The summed E-state index contributed by atoms with van der Waals surface area (Å²) in [5, 5.41) is 8.89. The fraction of sp³-hybridized carbons (Fsp3) is 0.300. The summed E-state index contributed by atoms with van der Waals surface area (Å²) in [5.41, 5.74) is 7.01. The lowest BCUT2D eigenvalue weighted by molar-refractivity contribution is -0.138. The normalized spacial score (nSPS) is 24.7. The molecule has 0 heterocycles. The van der Waals surface area contributed by atoms with Crippen molar-refractivity contribution >= 4 is 5.97 Å². The maximum Gasteiger partial charge on any atom is 0.311 e. The lowest BCUT2D eigenvalue weighted by Crippen LogP contribution is -2.10. The van der Waals surface area contributed by atoms with E-state index < -0.39 is 17.7 Å². The van der Waals surface area contributed by atoms with E-state index in [1.54, 1.807) is 6.07 Å². The van der Waals surface area contributed by atoms with E-state index in [1.807, 2.05) is 0 Å². The highest BCUT2D eigenvalue weighted by molar-refractivity contribution is 5.78. The van der Waals surface area contributed by atoms with E-state index in [9.17, 15) is 9.18 Å². The minimum atomic E-state index is -0.940. The SMILES string of the molecule is NC1CC(C(=O)O)c2cc(F)ccc21. The predicted molar refractivity (Wildman–Crippen MR) is 48.3 cm³/mol. The van der Waals surface area contributed by atoms with Gasteiger partial charge >= 0.3 is 5.97 Å². The van der Waals surface area contributed by atoms with E-state index in [4.69, 9.17) is 10.8 Å². The molecule has 0 spiro atoms. The van der Waals surface area contributed by atoms with E-state index >= 15 is 0 Å². The van der Waals surface area contributed by atoms with Crippen LogP contribution in [0.2, 0.25) is 0 Å². The summed E-state index contributed by atoms with van der Waals surface area (Å²) in [4.78, 5) is 10.8. The van der Waals surface area contributed by atoms with Crippen LogP contribution < -0.4 is 5.73 Å². The van der Waals surface area contributed by atoms with Crippen molar-refractivity contribution in [2.75, 3.05) is 0 Å². The molecule has 0 aromatic heterocycles. The van der Waals surface area contributed by atoms with Crippen LogP contribution in [0.4, 0.5) is 4.39 Å². The average molecular weight is 195 g/mol. The van der Waals surface area contributed by atoms with Crippen LogP contribution in [0.5, 0.6) is 0 Å². The van der Waals surface area contributed by atoms with Crippen molar-refractivity contribution in [2.45, 2.75) is 18.4 Å². The van der Waals surface area contributed by atoms with Crippen LogP contribution in [0.3, 0.4) is 0 Å². The predicted octanol–water partition coefficient (Wildman–Crippen LogP) is 1.40. The number of fused-ring (bicyclic) bond motifs is 1. The van der Waals surface area contributed by atoms with Gasteiger partial charge in [-0.05, 0) is 29.7 Å². The smallest absolute Gasteiger partial charge is 0.311 e. The molecule has 3 nitrogen and oxygen atoms in total. The molecule has 0 saturated carbocycles. The molecule has 14 heavy (non-hydrogen) atoms. The van der Waals surface area contributed by atoms with Gasteiger partial charge in [0.15, 0.2) is 0 Å². The van der Waals surface area contributed by atoms with Crippen LogP contribution in [0.1, 0.15) is 29.5 Å². The molecule has 4 heteroatoms. The Hall–Kier alpha value is -1.42. The number of nitrogens with two attached hydrogens (primary N) is 1. The Labute approximate surface area is 80.3 Å². The first-order chi connectivity index (χ1) is 6.59.